The van der Waals surface area contributed by atoms with Gasteiger partial charge in [0.2, 0.25) is 11.8 Å². The zero-order chi connectivity index (χ0) is 19.8. The number of nitrogens with one attached hydrogen (secondary N) is 1. The summed E-state index contributed by atoms with van der Waals surface area (Å²) in [5.74, 6) is -1.55. The molecule has 144 valence electrons. The fourth-order valence-electron chi connectivity index (χ4n) is 2.65. The first-order valence-electron chi connectivity index (χ1n) is 8.59. The van der Waals surface area contributed by atoms with Crippen LogP contribution in [-0.2, 0) is 22.4 Å². The van der Waals surface area contributed by atoms with Gasteiger partial charge in [-0.1, -0.05) is 41.4 Å². The van der Waals surface area contributed by atoms with E-state index in [1.807, 2.05) is 6.07 Å². The van der Waals surface area contributed by atoms with Crippen molar-refractivity contribution in [2.75, 3.05) is 6.54 Å². The lowest BCUT2D eigenvalue weighted by Gasteiger charge is -2.14. The highest BCUT2D eigenvalue weighted by atomic mass is 35.5. The van der Waals surface area contributed by atoms with E-state index in [2.05, 4.69) is 5.32 Å². The molecule has 4 nitrogen and oxygen atoms in total. The Morgan fingerprint density at radius 2 is 1.70 bits per heavy atom. The van der Waals surface area contributed by atoms with Gasteiger partial charge in [0.05, 0.1) is 16.0 Å². The zero-order valence-corrected chi connectivity index (χ0v) is 16.2. The molecule has 0 saturated carbocycles. The Kier molecular flexibility index (Phi) is 8.07. The smallest absolute Gasteiger partial charge is 0.222 e. The highest BCUT2D eigenvalue weighted by Gasteiger charge is 2.17. The number of aryl methyl sites for hydroxylation is 1. The van der Waals surface area contributed by atoms with Crippen molar-refractivity contribution < 1.29 is 14.0 Å². The van der Waals surface area contributed by atoms with Gasteiger partial charge < -0.3 is 11.1 Å². The van der Waals surface area contributed by atoms with Gasteiger partial charge in [0.1, 0.15) is 5.82 Å². The van der Waals surface area contributed by atoms with Gasteiger partial charge in [-0.05, 0) is 54.7 Å². The molecule has 0 heterocycles. The van der Waals surface area contributed by atoms with E-state index in [4.69, 9.17) is 28.9 Å². The van der Waals surface area contributed by atoms with Crippen LogP contribution in [0.3, 0.4) is 0 Å². The Morgan fingerprint density at radius 3 is 2.33 bits per heavy atom. The molecule has 2 rings (SSSR count). The maximum absolute atomic E-state index is 13.0. The molecule has 0 aliphatic rings. The number of benzene rings is 2. The second kappa shape index (κ2) is 10.3. The van der Waals surface area contributed by atoms with Crippen LogP contribution in [0.25, 0.3) is 0 Å². The van der Waals surface area contributed by atoms with Crippen LogP contribution in [-0.4, -0.2) is 18.4 Å². The van der Waals surface area contributed by atoms with E-state index in [0.29, 0.717) is 35.7 Å². The number of primary amides is 1. The summed E-state index contributed by atoms with van der Waals surface area (Å²) in [6, 6.07) is 11.2. The normalized spacial score (nSPS) is 11.8. The third-order valence-electron chi connectivity index (χ3n) is 4.20. The molecule has 0 aliphatic heterocycles. The van der Waals surface area contributed by atoms with E-state index in [1.165, 1.54) is 12.1 Å². The van der Waals surface area contributed by atoms with Crippen LogP contribution in [0.4, 0.5) is 4.39 Å². The molecule has 27 heavy (non-hydrogen) atoms. The summed E-state index contributed by atoms with van der Waals surface area (Å²) in [5.41, 5.74) is 7.20. The molecule has 0 fully saturated rings. The molecule has 0 aromatic heterocycles. The first-order valence-corrected chi connectivity index (χ1v) is 9.35. The number of nitrogens with two attached hydrogens (primary N) is 1. The van der Waals surface area contributed by atoms with Crippen LogP contribution in [0.15, 0.2) is 42.5 Å². The number of hydrogen-bond acceptors (Lipinski definition) is 2. The molecule has 2 aromatic carbocycles. The van der Waals surface area contributed by atoms with Crippen molar-refractivity contribution >= 4 is 35.0 Å². The maximum atomic E-state index is 13.0. The van der Waals surface area contributed by atoms with Crippen LogP contribution in [0.2, 0.25) is 10.0 Å². The zero-order valence-electron chi connectivity index (χ0n) is 14.7. The van der Waals surface area contributed by atoms with Crippen LogP contribution < -0.4 is 11.1 Å². The standard InChI is InChI=1S/C20H21Cl2FN2O2/c21-17-9-6-13(11-18(17)22)2-1-3-19(26)25-12-15(20(24)27)10-14-4-7-16(23)8-5-14/h4-9,11,15H,1-3,10,12H2,(H2,24,27)(H,25,26). The lowest BCUT2D eigenvalue weighted by atomic mass is 9.98. The Morgan fingerprint density at radius 1 is 1.04 bits per heavy atom. The summed E-state index contributed by atoms with van der Waals surface area (Å²) < 4.78 is 13.0. The maximum Gasteiger partial charge on any atom is 0.222 e. The van der Waals surface area contributed by atoms with E-state index in [0.717, 1.165) is 11.1 Å². The van der Waals surface area contributed by atoms with Crippen molar-refractivity contribution in [1.29, 1.82) is 0 Å². The number of halogens is 3. The SMILES string of the molecule is NC(=O)C(CNC(=O)CCCc1ccc(Cl)c(Cl)c1)Cc1ccc(F)cc1. The Hall–Kier alpha value is -2.11. The first-order chi connectivity index (χ1) is 12.8. The molecule has 1 unspecified atom stereocenters. The monoisotopic (exact) mass is 410 g/mol. The third-order valence-corrected chi connectivity index (χ3v) is 4.94. The van der Waals surface area contributed by atoms with Crippen LogP contribution in [0.5, 0.6) is 0 Å². The quantitative estimate of drug-likeness (QED) is 0.657. The largest absolute Gasteiger partial charge is 0.369 e. The third kappa shape index (κ3) is 7.19. The van der Waals surface area contributed by atoms with E-state index >= 15 is 0 Å². The fourth-order valence-corrected chi connectivity index (χ4v) is 2.97. The first kappa shape index (κ1) is 21.2. The van der Waals surface area contributed by atoms with E-state index in [9.17, 15) is 14.0 Å². The van der Waals surface area contributed by atoms with Crippen molar-refractivity contribution in [1.82, 2.24) is 5.32 Å². The highest BCUT2D eigenvalue weighted by Crippen LogP contribution is 2.23. The molecule has 3 N–H and O–H groups in total. The number of amides is 2. The highest BCUT2D eigenvalue weighted by molar-refractivity contribution is 6.42. The minimum absolute atomic E-state index is 0.151. The van der Waals surface area contributed by atoms with E-state index in [-0.39, 0.29) is 18.3 Å². The summed E-state index contributed by atoms with van der Waals surface area (Å²) in [5, 5.41) is 3.73. The molecule has 1 atom stereocenters. The summed E-state index contributed by atoms with van der Waals surface area (Å²) in [7, 11) is 0. The second-order valence-corrected chi connectivity index (χ2v) is 7.15. The van der Waals surface area contributed by atoms with Crippen molar-refractivity contribution in [3.05, 3.63) is 69.5 Å². The number of carbonyl (C=O) groups excluding carboxylic acids is 2. The molecule has 7 heteroatoms. The van der Waals surface area contributed by atoms with Gasteiger partial charge in [0.25, 0.3) is 0 Å². The summed E-state index contributed by atoms with van der Waals surface area (Å²) in [6.45, 7) is 0.151. The van der Waals surface area contributed by atoms with Crippen LogP contribution in [0, 0.1) is 11.7 Å². The van der Waals surface area contributed by atoms with Gasteiger partial charge in [-0.3, -0.25) is 9.59 Å². The molecule has 0 radical (unpaired) electrons. The average molecular weight is 411 g/mol. The summed E-state index contributed by atoms with van der Waals surface area (Å²) in [4.78, 5) is 23.6. The predicted molar refractivity (Wildman–Crippen MR) is 105 cm³/mol. The van der Waals surface area contributed by atoms with Gasteiger partial charge in [0.15, 0.2) is 0 Å². The van der Waals surface area contributed by atoms with E-state index < -0.39 is 11.8 Å². The lowest BCUT2D eigenvalue weighted by molar-refractivity contribution is -0.123. The summed E-state index contributed by atoms with van der Waals surface area (Å²) >= 11 is 11.8. The molecule has 2 amide bonds. The lowest BCUT2D eigenvalue weighted by Crippen LogP contribution is -2.37. The average Bonchev–Trinajstić information content (AvgIpc) is 2.63. The fraction of sp³-hybridized carbons (Fsp3) is 0.300. The molecule has 2 aromatic rings. The molecule has 0 bridgehead atoms. The number of rotatable bonds is 9. The molecule has 0 spiro atoms. The molecular weight excluding hydrogens is 390 g/mol. The molecule has 0 saturated heterocycles. The Labute approximate surface area is 167 Å². The van der Waals surface area contributed by atoms with Crippen molar-refractivity contribution in [2.24, 2.45) is 11.7 Å². The number of carbonyl (C=O) groups is 2. The van der Waals surface area contributed by atoms with Crippen molar-refractivity contribution in [3.8, 4) is 0 Å². The van der Waals surface area contributed by atoms with E-state index in [1.54, 1.807) is 24.3 Å². The predicted octanol–water partition coefficient (Wildman–Crippen LogP) is 3.92. The Bertz CT molecular complexity index is 797. The van der Waals surface area contributed by atoms with Crippen LogP contribution >= 0.6 is 23.2 Å². The van der Waals surface area contributed by atoms with Gasteiger partial charge in [0, 0.05) is 13.0 Å². The van der Waals surface area contributed by atoms with Crippen LogP contribution in [0.1, 0.15) is 24.0 Å². The van der Waals surface area contributed by atoms with Gasteiger partial charge in [-0.15, -0.1) is 0 Å². The molecular formula is C20H21Cl2FN2O2. The minimum Gasteiger partial charge on any atom is -0.369 e. The Balaban J connectivity index is 1.77. The summed E-state index contributed by atoms with van der Waals surface area (Å²) in [6.07, 6.45) is 2.00. The van der Waals surface area contributed by atoms with Crippen molar-refractivity contribution in [2.45, 2.75) is 25.7 Å². The minimum atomic E-state index is -0.547. The molecule has 0 aliphatic carbocycles. The topological polar surface area (TPSA) is 72.2 Å². The second-order valence-electron chi connectivity index (χ2n) is 6.34. The van der Waals surface area contributed by atoms with Gasteiger partial charge in [-0.2, -0.15) is 0 Å². The van der Waals surface area contributed by atoms with Gasteiger partial charge in [-0.25, -0.2) is 4.39 Å². The van der Waals surface area contributed by atoms with Gasteiger partial charge >= 0.3 is 0 Å². The number of hydrogen-bond donors (Lipinski definition) is 2. The van der Waals surface area contributed by atoms with Crippen molar-refractivity contribution in [3.63, 3.8) is 0 Å².